The fraction of sp³-hybridized carbons (Fsp3) is 0.667. The Morgan fingerprint density at radius 3 is 3.00 bits per heavy atom. The van der Waals surface area contributed by atoms with Gasteiger partial charge in [-0.05, 0) is 6.42 Å². The van der Waals surface area contributed by atoms with Crippen molar-refractivity contribution in [2.75, 3.05) is 17.3 Å². The molecule has 2 rings (SSSR count). The number of imidazole rings is 1. The number of aromatic hydroxyl groups is 1. The number of nitrogens with zero attached hydrogens (tertiary/aromatic N) is 1. The first kappa shape index (κ1) is 10.2. The van der Waals surface area contributed by atoms with Gasteiger partial charge in [0.2, 0.25) is 5.88 Å². The molecule has 5 heteroatoms. The van der Waals surface area contributed by atoms with Crippen LogP contribution in [0.1, 0.15) is 23.7 Å². The summed E-state index contributed by atoms with van der Waals surface area (Å²) < 4.78 is 0. The molecule has 0 spiro atoms. The molecular weight excluding hydrogens is 216 g/mol. The zero-order valence-electron chi connectivity index (χ0n) is 8.12. The van der Waals surface area contributed by atoms with Crippen LogP contribution in [0, 0.1) is 0 Å². The molecule has 1 aromatic rings. The number of hydrogen-bond donors (Lipinski definition) is 2. The zero-order valence-corrected chi connectivity index (χ0v) is 9.75. The molecule has 2 heterocycles. The lowest BCUT2D eigenvalue weighted by molar-refractivity contribution is 0.449. The van der Waals surface area contributed by atoms with Gasteiger partial charge in [0, 0.05) is 17.3 Å². The van der Waals surface area contributed by atoms with Crippen LogP contribution in [-0.2, 0) is 6.42 Å². The van der Waals surface area contributed by atoms with Crippen molar-refractivity contribution in [3.05, 3.63) is 11.5 Å². The van der Waals surface area contributed by atoms with E-state index in [0.29, 0.717) is 5.25 Å². The highest BCUT2D eigenvalue weighted by Gasteiger charge is 2.20. The lowest BCUT2D eigenvalue weighted by Gasteiger charge is -2.18. The Bertz CT molecular complexity index is 308. The molecule has 1 atom stereocenters. The van der Waals surface area contributed by atoms with E-state index in [1.54, 1.807) is 0 Å². The Morgan fingerprint density at radius 1 is 1.57 bits per heavy atom. The van der Waals surface area contributed by atoms with Crippen LogP contribution in [0.3, 0.4) is 0 Å². The standard InChI is InChI=1S/C9H14N2OS2/c1-2-6-9(12)11-8(10-6)7-5-13-3-4-14-7/h7,12H,2-5H2,1H3,(H,10,11). The highest BCUT2D eigenvalue weighted by Crippen LogP contribution is 2.36. The summed E-state index contributed by atoms with van der Waals surface area (Å²) in [6.45, 7) is 2.01. The van der Waals surface area contributed by atoms with E-state index >= 15 is 0 Å². The van der Waals surface area contributed by atoms with Gasteiger partial charge in [0.1, 0.15) is 5.82 Å². The van der Waals surface area contributed by atoms with E-state index in [9.17, 15) is 5.11 Å². The zero-order chi connectivity index (χ0) is 9.97. The van der Waals surface area contributed by atoms with Crippen molar-refractivity contribution in [2.24, 2.45) is 0 Å². The lowest BCUT2D eigenvalue weighted by atomic mass is 10.4. The van der Waals surface area contributed by atoms with Crippen molar-refractivity contribution in [3.8, 4) is 5.88 Å². The molecule has 0 aliphatic carbocycles. The fourth-order valence-electron chi connectivity index (χ4n) is 1.46. The Morgan fingerprint density at radius 2 is 2.43 bits per heavy atom. The highest BCUT2D eigenvalue weighted by molar-refractivity contribution is 8.06. The number of aromatic nitrogens is 2. The predicted octanol–water partition coefficient (Wildman–Crippen LogP) is 2.20. The summed E-state index contributed by atoms with van der Waals surface area (Å²) in [6.07, 6.45) is 0.809. The van der Waals surface area contributed by atoms with Crippen LogP contribution in [0.2, 0.25) is 0 Å². The van der Waals surface area contributed by atoms with E-state index in [-0.39, 0.29) is 5.88 Å². The molecule has 0 amide bonds. The number of hydrogen-bond acceptors (Lipinski definition) is 4. The maximum absolute atomic E-state index is 9.50. The third-order valence-electron chi connectivity index (χ3n) is 2.25. The van der Waals surface area contributed by atoms with E-state index in [0.717, 1.165) is 23.7 Å². The molecule has 0 radical (unpaired) electrons. The third kappa shape index (κ3) is 2.03. The number of rotatable bonds is 2. The Hall–Kier alpha value is -0.290. The molecule has 1 aromatic heterocycles. The largest absolute Gasteiger partial charge is 0.492 e. The summed E-state index contributed by atoms with van der Waals surface area (Å²) in [6, 6.07) is 0. The number of H-pyrrole nitrogens is 1. The number of thioether (sulfide) groups is 2. The van der Waals surface area contributed by atoms with E-state index in [1.165, 1.54) is 11.5 Å². The van der Waals surface area contributed by atoms with E-state index in [4.69, 9.17) is 0 Å². The smallest absolute Gasteiger partial charge is 0.232 e. The molecule has 1 aliphatic heterocycles. The molecule has 0 aromatic carbocycles. The van der Waals surface area contributed by atoms with Crippen molar-refractivity contribution < 1.29 is 5.11 Å². The molecule has 1 saturated heterocycles. The van der Waals surface area contributed by atoms with Gasteiger partial charge in [-0.15, -0.1) is 11.8 Å². The molecule has 1 aliphatic rings. The molecule has 2 N–H and O–H groups in total. The second-order valence-corrected chi connectivity index (χ2v) is 5.67. The number of nitrogens with one attached hydrogen (secondary N) is 1. The van der Waals surface area contributed by atoms with Crippen LogP contribution >= 0.6 is 23.5 Å². The maximum atomic E-state index is 9.50. The fourth-order valence-corrected chi connectivity index (χ4v) is 4.09. The SMILES string of the molecule is CCc1[nH]c(C2CSCCS2)nc1O. The average Bonchev–Trinajstić information content (AvgIpc) is 2.61. The summed E-state index contributed by atoms with van der Waals surface area (Å²) in [5, 5.41) is 9.93. The molecule has 1 fully saturated rings. The van der Waals surface area contributed by atoms with Crippen LogP contribution in [0.25, 0.3) is 0 Å². The number of aryl methyl sites for hydroxylation is 1. The van der Waals surface area contributed by atoms with Crippen LogP contribution in [-0.4, -0.2) is 32.3 Å². The number of aromatic amines is 1. The normalized spacial score (nSPS) is 22.5. The van der Waals surface area contributed by atoms with Crippen LogP contribution < -0.4 is 0 Å². The van der Waals surface area contributed by atoms with Crippen molar-refractivity contribution in [3.63, 3.8) is 0 Å². The maximum Gasteiger partial charge on any atom is 0.232 e. The van der Waals surface area contributed by atoms with Gasteiger partial charge in [-0.1, -0.05) is 6.92 Å². The molecular formula is C9H14N2OS2. The minimum Gasteiger partial charge on any atom is -0.492 e. The monoisotopic (exact) mass is 230 g/mol. The third-order valence-corrected chi connectivity index (χ3v) is 5.01. The van der Waals surface area contributed by atoms with Crippen molar-refractivity contribution in [1.82, 2.24) is 9.97 Å². The summed E-state index contributed by atoms with van der Waals surface area (Å²) in [4.78, 5) is 7.38. The Kier molecular flexibility index (Phi) is 3.28. The van der Waals surface area contributed by atoms with Crippen molar-refractivity contribution >= 4 is 23.5 Å². The summed E-state index contributed by atoms with van der Waals surface area (Å²) in [5.41, 5.74) is 0.858. The second kappa shape index (κ2) is 4.49. The van der Waals surface area contributed by atoms with Crippen molar-refractivity contribution in [1.29, 1.82) is 0 Å². The summed E-state index contributed by atoms with van der Waals surface area (Å²) >= 11 is 3.88. The van der Waals surface area contributed by atoms with Gasteiger partial charge < -0.3 is 10.1 Å². The molecule has 14 heavy (non-hydrogen) atoms. The summed E-state index contributed by atoms with van der Waals surface area (Å²) in [5.74, 6) is 4.63. The molecule has 0 saturated carbocycles. The van der Waals surface area contributed by atoms with Gasteiger partial charge in [-0.2, -0.15) is 16.7 Å². The summed E-state index contributed by atoms with van der Waals surface area (Å²) in [7, 11) is 0. The first-order valence-corrected chi connectivity index (χ1v) is 6.98. The Labute approximate surface area is 92.1 Å². The highest BCUT2D eigenvalue weighted by atomic mass is 32.2. The first-order chi connectivity index (χ1) is 6.81. The van der Waals surface area contributed by atoms with Gasteiger partial charge in [0.15, 0.2) is 0 Å². The van der Waals surface area contributed by atoms with Gasteiger partial charge in [-0.25, -0.2) is 0 Å². The van der Waals surface area contributed by atoms with E-state index in [1.807, 2.05) is 30.4 Å². The van der Waals surface area contributed by atoms with Crippen molar-refractivity contribution in [2.45, 2.75) is 18.6 Å². The molecule has 0 bridgehead atoms. The molecule has 1 unspecified atom stereocenters. The van der Waals surface area contributed by atoms with Gasteiger partial charge in [0.25, 0.3) is 0 Å². The lowest BCUT2D eigenvalue weighted by Crippen LogP contribution is -2.08. The van der Waals surface area contributed by atoms with E-state index in [2.05, 4.69) is 9.97 Å². The molecule has 3 nitrogen and oxygen atoms in total. The van der Waals surface area contributed by atoms with Gasteiger partial charge >= 0.3 is 0 Å². The average molecular weight is 230 g/mol. The van der Waals surface area contributed by atoms with Gasteiger partial charge in [0.05, 0.1) is 10.9 Å². The Balaban J connectivity index is 2.14. The predicted molar refractivity (Wildman–Crippen MR) is 62.2 cm³/mol. The topological polar surface area (TPSA) is 48.9 Å². The van der Waals surface area contributed by atoms with Gasteiger partial charge in [-0.3, -0.25) is 0 Å². The van der Waals surface area contributed by atoms with E-state index < -0.39 is 0 Å². The first-order valence-electron chi connectivity index (χ1n) is 4.78. The van der Waals surface area contributed by atoms with Crippen LogP contribution in [0.4, 0.5) is 0 Å². The minimum absolute atomic E-state index is 0.179. The van der Waals surface area contributed by atoms with Crippen LogP contribution in [0.5, 0.6) is 5.88 Å². The second-order valence-electron chi connectivity index (χ2n) is 3.21. The quantitative estimate of drug-likeness (QED) is 0.817. The molecule has 78 valence electrons. The van der Waals surface area contributed by atoms with Crippen LogP contribution in [0.15, 0.2) is 0 Å². The minimum atomic E-state index is 0.179.